The molecule has 0 bridgehead atoms. The van der Waals surface area contributed by atoms with E-state index in [1.807, 2.05) is 0 Å². The van der Waals surface area contributed by atoms with Gasteiger partial charge in [0.15, 0.2) is 0 Å². The fourth-order valence-corrected chi connectivity index (χ4v) is 4.50. The molecule has 1 spiro atoms. The van der Waals surface area contributed by atoms with Crippen molar-refractivity contribution in [1.29, 1.82) is 0 Å². The number of thioether (sulfide) groups is 1. The smallest absolute Gasteiger partial charge is 0.0774 e. The molecule has 3 rings (SSSR count). The maximum Gasteiger partial charge on any atom is 0.0774 e. The Hall–Kier alpha value is -0.510. The van der Waals surface area contributed by atoms with Gasteiger partial charge in [-0.2, -0.15) is 0 Å². The van der Waals surface area contributed by atoms with E-state index in [1.165, 1.54) is 50.2 Å². The van der Waals surface area contributed by atoms with Gasteiger partial charge in [0.05, 0.1) is 4.87 Å². The van der Waals surface area contributed by atoms with Gasteiger partial charge in [0.2, 0.25) is 0 Å². The molecule has 2 fully saturated rings. The van der Waals surface area contributed by atoms with Crippen LogP contribution in [-0.2, 0) is 6.54 Å². The Labute approximate surface area is 114 Å². The summed E-state index contributed by atoms with van der Waals surface area (Å²) in [5.74, 6) is 1.33. The summed E-state index contributed by atoms with van der Waals surface area (Å²) in [6.07, 6.45) is 3.99. The van der Waals surface area contributed by atoms with Crippen molar-refractivity contribution in [3.8, 4) is 0 Å². The molecule has 1 atom stereocenters. The highest BCUT2D eigenvalue weighted by molar-refractivity contribution is 8.00. The van der Waals surface area contributed by atoms with Crippen molar-refractivity contribution in [2.75, 3.05) is 25.4 Å². The molecule has 1 unspecified atom stereocenters. The van der Waals surface area contributed by atoms with Crippen LogP contribution in [0.2, 0.25) is 0 Å². The molecule has 2 aliphatic rings. The average Bonchev–Trinajstić information content (AvgIpc) is 2.41. The van der Waals surface area contributed by atoms with Gasteiger partial charge < -0.3 is 5.32 Å². The zero-order valence-corrected chi connectivity index (χ0v) is 11.7. The van der Waals surface area contributed by atoms with Gasteiger partial charge in [-0.3, -0.25) is 4.90 Å². The molecular formula is C15H22N2S. The maximum atomic E-state index is 3.77. The minimum atomic E-state index is 0.352. The lowest BCUT2D eigenvalue weighted by atomic mass is 10.0. The number of likely N-dealkylation sites (tertiary alicyclic amines) is 1. The van der Waals surface area contributed by atoms with Crippen LogP contribution < -0.4 is 5.32 Å². The summed E-state index contributed by atoms with van der Waals surface area (Å²) in [6.45, 7) is 4.75. The highest BCUT2D eigenvalue weighted by atomic mass is 32.2. The lowest BCUT2D eigenvalue weighted by Crippen LogP contribution is -2.56. The minimum Gasteiger partial charge on any atom is -0.302 e. The van der Waals surface area contributed by atoms with Crippen molar-refractivity contribution < 1.29 is 0 Å². The van der Waals surface area contributed by atoms with Crippen molar-refractivity contribution >= 4 is 11.8 Å². The van der Waals surface area contributed by atoms with Crippen molar-refractivity contribution in [3.63, 3.8) is 0 Å². The summed E-state index contributed by atoms with van der Waals surface area (Å²) in [4.78, 5) is 2.97. The molecule has 2 heterocycles. The number of benzene rings is 1. The number of hydrogen-bond acceptors (Lipinski definition) is 3. The maximum absolute atomic E-state index is 3.77. The summed E-state index contributed by atoms with van der Waals surface area (Å²) in [5.41, 5.74) is 1.44. The zero-order valence-electron chi connectivity index (χ0n) is 10.9. The van der Waals surface area contributed by atoms with Gasteiger partial charge in [-0.1, -0.05) is 30.3 Å². The third-order valence-electron chi connectivity index (χ3n) is 3.93. The summed E-state index contributed by atoms with van der Waals surface area (Å²) < 4.78 is 0. The first-order valence-electron chi connectivity index (χ1n) is 7.02. The largest absolute Gasteiger partial charge is 0.302 e. The quantitative estimate of drug-likeness (QED) is 0.882. The molecule has 0 saturated carbocycles. The molecule has 1 aromatic rings. The SMILES string of the molecule is c1ccc(CN2CCCC3(C2)NCCCS3)cc1. The molecule has 0 aromatic heterocycles. The van der Waals surface area contributed by atoms with E-state index in [0.717, 1.165) is 6.54 Å². The van der Waals surface area contributed by atoms with Crippen LogP contribution in [0.15, 0.2) is 30.3 Å². The van der Waals surface area contributed by atoms with Crippen LogP contribution in [0.4, 0.5) is 0 Å². The lowest BCUT2D eigenvalue weighted by Gasteiger charge is -2.45. The highest BCUT2D eigenvalue weighted by Gasteiger charge is 2.36. The third-order valence-corrected chi connectivity index (χ3v) is 5.45. The number of nitrogens with one attached hydrogen (secondary N) is 1. The molecule has 0 radical (unpaired) electrons. The van der Waals surface area contributed by atoms with Crippen LogP contribution in [-0.4, -0.2) is 35.2 Å². The molecule has 2 aliphatic heterocycles. The van der Waals surface area contributed by atoms with Gasteiger partial charge in [0, 0.05) is 13.1 Å². The second-order valence-corrected chi connectivity index (χ2v) is 6.90. The molecule has 0 amide bonds. The first-order chi connectivity index (χ1) is 8.86. The van der Waals surface area contributed by atoms with Gasteiger partial charge >= 0.3 is 0 Å². The predicted octanol–water partition coefficient (Wildman–Crippen LogP) is 2.71. The summed E-state index contributed by atoms with van der Waals surface area (Å²) in [7, 11) is 0. The van der Waals surface area contributed by atoms with Crippen LogP contribution in [0, 0.1) is 0 Å². The van der Waals surface area contributed by atoms with Crippen molar-refractivity contribution in [3.05, 3.63) is 35.9 Å². The Morgan fingerprint density at radius 2 is 2.11 bits per heavy atom. The molecule has 1 N–H and O–H groups in total. The Bertz CT molecular complexity index is 368. The Balaban J connectivity index is 1.63. The molecule has 2 nitrogen and oxygen atoms in total. The van der Waals surface area contributed by atoms with E-state index in [-0.39, 0.29) is 0 Å². The van der Waals surface area contributed by atoms with E-state index in [4.69, 9.17) is 0 Å². The lowest BCUT2D eigenvalue weighted by molar-refractivity contribution is 0.165. The van der Waals surface area contributed by atoms with E-state index in [9.17, 15) is 0 Å². The topological polar surface area (TPSA) is 15.3 Å². The van der Waals surface area contributed by atoms with E-state index in [0.29, 0.717) is 4.87 Å². The van der Waals surface area contributed by atoms with Crippen LogP contribution in [0.1, 0.15) is 24.8 Å². The number of nitrogens with zero attached hydrogens (tertiary/aromatic N) is 1. The van der Waals surface area contributed by atoms with E-state index in [2.05, 4.69) is 52.3 Å². The fraction of sp³-hybridized carbons (Fsp3) is 0.600. The van der Waals surface area contributed by atoms with Gasteiger partial charge in [-0.05, 0) is 43.7 Å². The van der Waals surface area contributed by atoms with Crippen LogP contribution >= 0.6 is 11.8 Å². The Morgan fingerprint density at radius 1 is 1.22 bits per heavy atom. The van der Waals surface area contributed by atoms with Crippen molar-refractivity contribution in [2.24, 2.45) is 0 Å². The molecule has 0 aliphatic carbocycles. The third kappa shape index (κ3) is 2.90. The molecule has 18 heavy (non-hydrogen) atoms. The van der Waals surface area contributed by atoms with E-state index < -0.39 is 0 Å². The number of piperidine rings is 1. The normalized spacial score (nSPS) is 29.6. The Morgan fingerprint density at radius 3 is 2.89 bits per heavy atom. The first-order valence-corrected chi connectivity index (χ1v) is 8.00. The van der Waals surface area contributed by atoms with E-state index >= 15 is 0 Å². The molecular weight excluding hydrogens is 240 g/mol. The van der Waals surface area contributed by atoms with Crippen LogP contribution in [0.3, 0.4) is 0 Å². The second-order valence-electron chi connectivity index (χ2n) is 5.42. The van der Waals surface area contributed by atoms with Gasteiger partial charge in [0.1, 0.15) is 0 Å². The average molecular weight is 262 g/mol. The fourth-order valence-electron chi connectivity index (χ4n) is 3.05. The minimum absolute atomic E-state index is 0.352. The van der Waals surface area contributed by atoms with Gasteiger partial charge in [0.25, 0.3) is 0 Å². The van der Waals surface area contributed by atoms with E-state index in [1.54, 1.807) is 0 Å². The second kappa shape index (κ2) is 5.64. The van der Waals surface area contributed by atoms with Gasteiger partial charge in [-0.15, -0.1) is 11.8 Å². The van der Waals surface area contributed by atoms with Crippen LogP contribution in [0.5, 0.6) is 0 Å². The Kier molecular flexibility index (Phi) is 3.92. The standard InChI is InChI=1S/C15H22N2S/c1-2-6-14(7-3-1)12-17-10-4-8-15(13-17)16-9-5-11-18-15/h1-3,6-7,16H,4-5,8-13H2. The number of rotatable bonds is 2. The zero-order chi connectivity index (χ0) is 12.3. The molecule has 2 saturated heterocycles. The molecule has 3 heteroatoms. The van der Waals surface area contributed by atoms with Crippen molar-refractivity contribution in [1.82, 2.24) is 10.2 Å². The van der Waals surface area contributed by atoms with Gasteiger partial charge in [-0.25, -0.2) is 0 Å². The summed E-state index contributed by atoms with van der Waals surface area (Å²) in [5, 5.41) is 3.77. The number of hydrogen-bond donors (Lipinski definition) is 1. The summed E-state index contributed by atoms with van der Waals surface area (Å²) in [6, 6.07) is 10.9. The van der Waals surface area contributed by atoms with Crippen LogP contribution in [0.25, 0.3) is 0 Å². The predicted molar refractivity (Wildman–Crippen MR) is 78.8 cm³/mol. The monoisotopic (exact) mass is 262 g/mol. The summed E-state index contributed by atoms with van der Waals surface area (Å²) >= 11 is 2.15. The molecule has 98 valence electrons. The molecule has 1 aromatic carbocycles. The first kappa shape index (κ1) is 12.5. The van der Waals surface area contributed by atoms with Crippen molar-refractivity contribution in [2.45, 2.75) is 30.7 Å². The highest BCUT2D eigenvalue weighted by Crippen LogP contribution is 2.35.